The van der Waals surface area contributed by atoms with E-state index in [4.69, 9.17) is 4.98 Å². The molecule has 1 saturated heterocycles. The average molecular weight is 495 g/mol. The van der Waals surface area contributed by atoms with Crippen LogP contribution in [0.5, 0.6) is 0 Å². The van der Waals surface area contributed by atoms with Gasteiger partial charge in [-0.3, -0.25) is 9.88 Å². The number of aliphatic hydroxyl groups is 1. The zero-order valence-electron chi connectivity index (χ0n) is 16.3. The highest BCUT2D eigenvalue weighted by Crippen LogP contribution is 2.33. The van der Waals surface area contributed by atoms with E-state index in [9.17, 15) is 13.9 Å². The Morgan fingerprint density at radius 2 is 1.97 bits per heavy atom. The van der Waals surface area contributed by atoms with Crippen LogP contribution in [0.2, 0.25) is 0 Å². The first-order valence-electron chi connectivity index (χ1n) is 8.93. The number of hydrogen-bond acceptors (Lipinski definition) is 7. The molecule has 3 aromatic rings. The minimum absolute atomic E-state index is 0. The van der Waals surface area contributed by atoms with E-state index in [1.807, 2.05) is 24.4 Å². The highest BCUT2D eigenvalue weighted by molar-refractivity contribution is 7.16. The SMILES string of the molecule is Cc1nc(C(C)O)sc1-c1csc(Cc2ccc(CN3CC(F)(F)C3)cn2)n1.Cl.Cl. The standard InChI is InChI=1S/C19H20F2N4OS2.2ClH/c1-11-17(28-18(23-11)12(2)26)15-8-27-16(24-15)5-14-4-3-13(6-22-14)7-25-9-19(20,21)10-25;;/h3-4,6,8,12,26H,5,7,9-10H2,1-2H3;2*1H. The molecule has 5 nitrogen and oxygen atoms in total. The molecule has 4 heterocycles. The van der Waals surface area contributed by atoms with Crippen molar-refractivity contribution in [2.75, 3.05) is 13.1 Å². The molecule has 3 aromatic heterocycles. The normalized spacial score (nSPS) is 16.3. The molecule has 1 atom stereocenters. The number of aromatic nitrogens is 3. The fraction of sp³-hybridized carbons (Fsp3) is 0.421. The minimum atomic E-state index is -2.54. The number of halogens is 4. The molecule has 0 saturated carbocycles. The van der Waals surface area contributed by atoms with Crippen LogP contribution in [-0.4, -0.2) is 44.0 Å². The molecule has 4 rings (SSSR count). The molecule has 1 aliphatic heterocycles. The lowest BCUT2D eigenvalue weighted by molar-refractivity contribution is -0.133. The molecule has 1 N–H and O–H groups in total. The number of alkyl halides is 2. The Hall–Kier alpha value is -1.23. The molecule has 1 aliphatic rings. The Morgan fingerprint density at radius 1 is 1.23 bits per heavy atom. The molecule has 30 heavy (non-hydrogen) atoms. The van der Waals surface area contributed by atoms with Crippen molar-refractivity contribution in [3.8, 4) is 10.6 Å². The number of rotatable bonds is 6. The summed E-state index contributed by atoms with van der Waals surface area (Å²) in [6, 6.07) is 3.87. The second kappa shape index (κ2) is 9.93. The summed E-state index contributed by atoms with van der Waals surface area (Å²) in [6.07, 6.45) is 1.79. The molecule has 0 spiro atoms. The summed E-state index contributed by atoms with van der Waals surface area (Å²) in [7, 11) is 0. The second-order valence-corrected chi connectivity index (χ2v) is 9.08. The van der Waals surface area contributed by atoms with Crippen LogP contribution in [0.1, 0.15) is 40.0 Å². The average Bonchev–Trinajstić information content (AvgIpc) is 3.21. The first-order valence-corrected chi connectivity index (χ1v) is 10.6. The fourth-order valence-electron chi connectivity index (χ4n) is 3.12. The fourth-order valence-corrected chi connectivity index (χ4v) is 4.96. The van der Waals surface area contributed by atoms with Crippen LogP contribution in [0.15, 0.2) is 23.7 Å². The van der Waals surface area contributed by atoms with Crippen molar-refractivity contribution in [3.05, 3.63) is 50.7 Å². The number of likely N-dealkylation sites (tertiary alicyclic amines) is 1. The topological polar surface area (TPSA) is 62.1 Å². The van der Waals surface area contributed by atoms with E-state index in [1.165, 1.54) is 11.3 Å². The van der Waals surface area contributed by atoms with Crippen molar-refractivity contribution in [3.63, 3.8) is 0 Å². The molecule has 1 fully saturated rings. The van der Waals surface area contributed by atoms with Crippen molar-refractivity contribution in [2.45, 2.75) is 38.8 Å². The first kappa shape index (κ1) is 25.0. The van der Waals surface area contributed by atoms with Crippen molar-refractivity contribution in [1.29, 1.82) is 0 Å². The molecular weight excluding hydrogens is 473 g/mol. The quantitative estimate of drug-likeness (QED) is 0.527. The zero-order chi connectivity index (χ0) is 19.9. The zero-order valence-corrected chi connectivity index (χ0v) is 19.6. The Kier molecular flexibility index (Phi) is 8.29. The smallest absolute Gasteiger partial charge is 0.272 e. The summed E-state index contributed by atoms with van der Waals surface area (Å²) >= 11 is 3.03. The van der Waals surface area contributed by atoms with E-state index in [2.05, 4.69) is 9.97 Å². The van der Waals surface area contributed by atoms with Crippen molar-refractivity contribution in [2.24, 2.45) is 0 Å². The van der Waals surface area contributed by atoms with Crippen LogP contribution in [-0.2, 0) is 13.0 Å². The molecule has 0 aliphatic carbocycles. The predicted octanol–water partition coefficient (Wildman–Crippen LogP) is 4.91. The van der Waals surface area contributed by atoms with Gasteiger partial charge in [0.2, 0.25) is 0 Å². The van der Waals surface area contributed by atoms with E-state index in [0.29, 0.717) is 18.0 Å². The van der Waals surface area contributed by atoms with Crippen LogP contribution in [0.4, 0.5) is 8.78 Å². The van der Waals surface area contributed by atoms with E-state index in [1.54, 1.807) is 29.4 Å². The molecular formula is C19H22Cl2F2N4OS2. The lowest BCUT2D eigenvalue weighted by Gasteiger charge is -2.38. The Bertz CT molecular complexity index is 971. The maximum atomic E-state index is 12.9. The van der Waals surface area contributed by atoms with Crippen molar-refractivity contribution < 1.29 is 13.9 Å². The lowest BCUT2D eigenvalue weighted by Crippen LogP contribution is -2.55. The third-order valence-corrected chi connectivity index (χ3v) is 6.69. The van der Waals surface area contributed by atoms with Crippen LogP contribution in [0.25, 0.3) is 10.6 Å². The van der Waals surface area contributed by atoms with Gasteiger partial charge in [0.25, 0.3) is 5.92 Å². The van der Waals surface area contributed by atoms with Gasteiger partial charge in [-0.2, -0.15) is 0 Å². The van der Waals surface area contributed by atoms with Gasteiger partial charge in [0.05, 0.1) is 34.4 Å². The highest BCUT2D eigenvalue weighted by Gasteiger charge is 2.43. The maximum Gasteiger partial charge on any atom is 0.272 e. The van der Waals surface area contributed by atoms with Gasteiger partial charge in [0, 0.05) is 30.2 Å². The molecule has 0 aromatic carbocycles. The molecule has 11 heteroatoms. The number of thiazole rings is 2. The third kappa shape index (κ3) is 5.72. The maximum absolute atomic E-state index is 12.9. The number of nitrogens with zero attached hydrogens (tertiary/aromatic N) is 4. The minimum Gasteiger partial charge on any atom is -0.386 e. The molecule has 1 unspecified atom stereocenters. The Labute approximate surface area is 194 Å². The summed E-state index contributed by atoms with van der Waals surface area (Å²) in [5, 5.41) is 13.4. The predicted molar refractivity (Wildman–Crippen MR) is 120 cm³/mol. The molecule has 0 radical (unpaired) electrons. The first-order chi connectivity index (χ1) is 13.3. The van der Waals surface area contributed by atoms with Gasteiger partial charge in [-0.05, 0) is 25.5 Å². The van der Waals surface area contributed by atoms with E-state index >= 15 is 0 Å². The monoisotopic (exact) mass is 494 g/mol. The number of aliphatic hydroxyl groups excluding tert-OH is 1. The summed E-state index contributed by atoms with van der Waals surface area (Å²) in [4.78, 5) is 16.2. The second-order valence-electron chi connectivity index (χ2n) is 7.10. The molecule has 164 valence electrons. The van der Waals surface area contributed by atoms with Crippen LogP contribution in [0.3, 0.4) is 0 Å². The summed E-state index contributed by atoms with van der Waals surface area (Å²) in [6.45, 7) is 3.78. The van der Waals surface area contributed by atoms with Crippen molar-refractivity contribution >= 4 is 47.5 Å². The summed E-state index contributed by atoms with van der Waals surface area (Å²) < 4.78 is 25.8. The van der Waals surface area contributed by atoms with Gasteiger partial charge in [-0.15, -0.1) is 47.5 Å². The largest absolute Gasteiger partial charge is 0.386 e. The lowest BCUT2D eigenvalue weighted by atomic mass is 10.1. The van der Waals surface area contributed by atoms with Crippen LogP contribution < -0.4 is 0 Å². The van der Waals surface area contributed by atoms with Crippen LogP contribution in [0, 0.1) is 6.92 Å². The van der Waals surface area contributed by atoms with Gasteiger partial charge >= 0.3 is 0 Å². The van der Waals surface area contributed by atoms with Crippen molar-refractivity contribution in [1.82, 2.24) is 19.9 Å². The van der Waals surface area contributed by atoms with Gasteiger partial charge in [0.1, 0.15) is 11.1 Å². The van der Waals surface area contributed by atoms with E-state index in [-0.39, 0.29) is 37.9 Å². The summed E-state index contributed by atoms with van der Waals surface area (Å²) in [5.41, 5.74) is 3.57. The number of pyridine rings is 1. The van der Waals surface area contributed by atoms with Crippen LogP contribution >= 0.6 is 47.5 Å². The van der Waals surface area contributed by atoms with E-state index < -0.39 is 12.0 Å². The molecule has 0 bridgehead atoms. The highest BCUT2D eigenvalue weighted by atomic mass is 35.5. The van der Waals surface area contributed by atoms with Gasteiger partial charge in [-0.25, -0.2) is 18.7 Å². The van der Waals surface area contributed by atoms with Gasteiger partial charge < -0.3 is 5.11 Å². The third-order valence-electron chi connectivity index (χ3n) is 4.49. The van der Waals surface area contributed by atoms with Gasteiger partial charge in [0.15, 0.2) is 0 Å². The number of hydrogen-bond donors (Lipinski definition) is 1. The molecule has 0 amide bonds. The van der Waals surface area contributed by atoms with Gasteiger partial charge in [-0.1, -0.05) is 6.07 Å². The Balaban J connectivity index is 0.00000160. The summed E-state index contributed by atoms with van der Waals surface area (Å²) in [5.74, 6) is -2.54. The Morgan fingerprint density at radius 3 is 2.53 bits per heavy atom. The number of aryl methyl sites for hydroxylation is 1. The van der Waals surface area contributed by atoms with E-state index in [0.717, 1.165) is 32.5 Å².